The number of allylic oxidation sites excluding steroid dienone is 1. The third-order valence-electron chi connectivity index (χ3n) is 13.2. The standard InChI is InChI=1S/C48H67NOS/c1-46(2,3)32-24-26-34-35-27-25-33(47(4,5)6)31-40(35)44(39(34)30-32)51(11,29-19-13-12-18-28-50-48(7,8)9)45-37-21-15-14-20-36(37)43-42(45)38-22-16-17-23-41(38)49(43)10/h14-17,20-24,26,30,33,35,42-43,45H,12-13,18-19,25,27-29,31H2,1-11H3. The van der Waals surface area contributed by atoms with Crippen LogP contribution in [0.4, 0.5) is 5.69 Å². The van der Waals surface area contributed by atoms with Crippen molar-refractivity contribution in [2.45, 2.75) is 141 Å². The van der Waals surface area contributed by atoms with Crippen LogP contribution in [0.1, 0.15) is 164 Å². The number of benzene rings is 3. The van der Waals surface area contributed by atoms with E-state index in [2.05, 4.69) is 147 Å². The summed E-state index contributed by atoms with van der Waals surface area (Å²) in [7, 11) is 1.02. The first-order chi connectivity index (χ1) is 24.0. The summed E-state index contributed by atoms with van der Waals surface area (Å²) >= 11 is 0. The Balaban J connectivity index is 1.39. The van der Waals surface area contributed by atoms with Gasteiger partial charge < -0.3 is 9.64 Å². The quantitative estimate of drug-likeness (QED) is 0.206. The van der Waals surface area contributed by atoms with E-state index in [0.29, 0.717) is 28.5 Å². The van der Waals surface area contributed by atoms with Crippen LogP contribution in [0.3, 0.4) is 0 Å². The maximum Gasteiger partial charge on any atom is 0.0625 e. The lowest BCUT2D eigenvalue weighted by atomic mass is 9.68. The van der Waals surface area contributed by atoms with Crippen LogP contribution in [0.25, 0.3) is 4.91 Å². The average Bonchev–Trinajstić information content (AvgIpc) is 3.69. The number of rotatable bonds is 9. The van der Waals surface area contributed by atoms with Crippen LogP contribution in [-0.2, 0) is 10.2 Å². The zero-order valence-corrected chi connectivity index (χ0v) is 34.7. The molecule has 0 radical (unpaired) electrons. The molecular weight excluding hydrogens is 639 g/mol. The van der Waals surface area contributed by atoms with E-state index in [0.717, 1.165) is 18.9 Å². The normalized spacial score (nSPS) is 25.9. The van der Waals surface area contributed by atoms with Gasteiger partial charge in [0.2, 0.25) is 0 Å². The van der Waals surface area contributed by atoms with Crippen molar-refractivity contribution >= 4 is 20.6 Å². The van der Waals surface area contributed by atoms with E-state index in [1.807, 2.05) is 10.5 Å². The fraction of sp³-hybridized carbons (Fsp3) is 0.583. The molecule has 3 aromatic carbocycles. The van der Waals surface area contributed by atoms with Crippen molar-refractivity contribution in [3.8, 4) is 0 Å². The van der Waals surface area contributed by atoms with Gasteiger partial charge >= 0.3 is 0 Å². The Labute approximate surface area is 313 Å². The lowest BCUT2D eigenvalue weighted by molar-refractivity contribution is -0.00471. The number of unbranched alkanes of at least 4 members (excludes halogenated alkanes) is 3. The van der Waals surface area contributed by atoms with Gasteiger partial charge in [0.1, 0.15) is 0 Å². The molecule has 6 unspecified atom stereocenters. The van der Waals surface area contributed by atoms with E-state index < -0.39 is 10.0 Å². The van der Waals surface area contributed by atoms with Gasteiger partial charge in [0.05, 0.1) is 11.6 Å². The van der Waals surface area contributed by atoms with Gasteiger partial charge in [0.25, 0.3) is 0 Å². The van der Waals surface area contributed by atoms with Crippen molar-refractivity contribution in [1.29, 1.82) is 0 Å². The number of likely N-dealkylation sites (N-methyl/N-ethyl adjacent to an activating group) is 1. The Morgan fingerprint density at radius 3 is 2.10 bits per heavy atom. The summed E-state index contributed by atoms with van der Waals surface area (Å²) in [5.41, 5.74) is 13.2. The molecule has 4 aliphatic rings. The SMILES string of the molecule is CN1c2ccccc2C2C1c1ccccc1C2S(C)(CCCCCCOC(C)(C)C)C1=C2CC(C(C)(C)C)CCC2c2ccc(C(C)(C)C)cc21. The van der Waals surface area contributed by atoms with E-state index in [1.54, 1.807) is 27.8 Å². The maximum absolute atomic E-state index is 6.14. The first-order valence-electron chi connectivity index (χ1n) is 20.2. The van der Waals surface area contributed by atoms with E-state index in [1.165, 1.54) is 55.5 Å². The molecule has 51 heavy (non-hydrogen) atoms. The van der Waals surface area contributed by atoms with Gasteiger partial charge in [-0.15, -0.1) is 0 Å². The smallest absolute Gasteiger partial charge is 0.0625 e. The minimum atomic E-state index is -1.34. The molecule has 1 aliphatic heterocycles. The van der Waals surface area contributed by atoms with Crippen LogP contribution in [-0.4, -0.2) is 31.3 Å². The van der Waals surface area contributed by atoms with Gasteiger partial charge in [-0.3, -0.25) is 0 Å². The number of fused-ring (bicyclic) bond motifs is 8. The van der Waals surface area contributed by atoms with Gasteiger partial charge in [-0.2, -0.15) is 0 Å². The molecule has 1 saturated carbocycles. The number of nitrogens with zero attached hydrogens (tertiary/aromatic N) is 1. The van der Waals surface area contributed by atoms with E-state index in [9.17, 15) is 0 Å². The summed E-state index contributed by atoms with van der Waals surface area (Å²) in [5.74, 6) is 3.08. The monoisotopic (exact) mass is 705 g/mol. The van der Waals surface area contributed by atoms with Gasteiger partial charge in [0.15, 0.2) is 0 Å². The second-order valence-electron chi connectivity index (χ2n) is 19.7. The molecule has 6 atom stereocenters. The van der Waals surface area contributed by atoms with Crippen LogP contribution < -0.4 is 4.90 Å². The van der Waals surface area contributed by atoms with Crippen LogP contribution >= 0.6 is 10.0 Å². The van der Waals surface area contributed by atoms with Crippen LogP contribution in [0, 0.1) is 11.3 Å². The molecule has 0 N–H and O–H groups in total. The first-order valence-corrected chi connectivity index (χ1v) is 22.5. The summed E-state index contributed by atoms with van der Waals surface area (Å²) in [4.78, 5) is 4.46. The van der Waals surface area contributed by atoms with Crippen LogP contribution in [0.5, 0.6) is 0 Å². The Hall–Kier alpha value is -2.49. The Kier molecular flexibility index (Phi) is 9.70. The summed E-state index contributed by atoms with van der Waals surface area (Å²) in [6.07, 6.45) is 11.7. The van der Waals surface area contributed by atoms with Crippen molar-refractivity contribution in [2.75, 3.05) is 30.6 Å². The zero-order chi connectivity index (χ0) is 36.5. The molecule has 1 heterocycles. The molecule has 0 spiro atoms. The Morgan fingerprint density at radius 1 is 0.745 bits per heavy atom. The highest BCUT2D eigenvalue weighted by Crippen LogP contribution is 2.80. The predicted octanol–water partition coefficient (Wildman–Crippen LogP) is 13.5. The fourth-order valence-corrected chi connectivity index (χ4v) is 15.2. The molecule has 1 fully saturated rings. The highest BCUT2D eigenvalue weighted by molar-refractivity contribution is 8.40. The summed E-state index contributed by atoms with van der Waals surface area (Å²) in [5, 5.41) is 0.497. The molecule has 0 saturated heterocycles. The lowest BCUT2D eigenvalue weighted by Crippen LogP contribution is -2.27. The van der Waals surface area contributed by atoms with Gasteiger partial charge in [-0.1, -0.05) is 109 Å². The number of anilines is 1. The molecule has 0 aromatic heterocycles. The van der Waals surface area contributed by atoms with Crippen LogP contribution in [0.15, 0.2) is 72.3 Å². The predicted molar refractivity (Wildman–Crippen MR) is 224 cm³/mol. The lowest BCUT2D eigenvalue weighted by Gasteiger charge is -2.48. The maximum atomic E-state index is 6.14. The van der Waals surface area contributed by atoms with E-state index in [4.69, 9.17) is 4.74 Å². The highest BCUT2D eigenvalue weighted by Gasteiger charge is 2.56. The zero-order valence-electron chi connectivity index (χ0n) is 33.9. The Bertz CT molecular complexity index is 1780. The molecule has 276 valence electrons. The minimum Gasteiger partial charge on any atom is -0.376 e. The van der Waals surface area contributed by atoms with Crippen LogP contribution in [0.2, 0.25) is 0 Å². The van der Waals surface area contributed by atoms with E-state index in [-0.39, 0.29) is 11.0 Å². The molecule has 0 bridgehead atoms. The number of hydrogen-bond donors (Lipinski definition) is 0. The summed E-state index contributed by atoms with van der Waals surface area (Å²) in [6.45, 7) is 22.1. The number of para-hydroxylation sites is 1. The molecule has 3 aromatic rings. The Morgan fingerprint density at radius 2 is 1.41 bits per heavy atom. The number of hydrogen-bond acceptors (Lipinski definition) is 2. The van der Waals surface area contributed by atoms with Crippen molar-refractivity contribution < 1.29 is 4.74 Å². The molecule has 3 heteroatoms. The van der Waals surface area contributed by atoms with Crippen molar-refractivity contribution in [2.24, 2.45) is 11.3 Å². The molecule has 0 amide bonds. The highest BCUT2D eigenvalue weighted by atomic mass is 32.3. The second kappa shape index (κ2) is 13.4. The molecular formula is C48H67NOS. The fourth-order valence-electron chi connectivity index (χ4n) is 10.4. The molecule has 7 rings (SSSR count). The van der Waals surface area contributed by atoms with Gasteiger partial charge in [-0.25, -0.2) is 10.0 Å². The molecule has 3 aliphatic carbocycles. The number of ether oxygens (including phenoxy) is 1. The summed E-state index contributed by atoms with van der Waals surface area (Å²) < 4.78 is 6.14. The van der Waals surface area contributed by atoms with Crippen molar-refractivity contribution in [1.82, 2.24) is 0 Å². The largest absolute Gasteiger partial charge is 0.376 e. The third kappa shape index (κ3) is 6.66. The van der Waals surface area contributed by atoms with Crippen molar-refractivity contribution in [3.05, 3.63) is 106 Å². The minimum absolute atomic E-state index is 0.0586. The van der Waals surface area contributed by atoms with Gasteiger partial charge in [0, 0.05) is 36.4 Å². The topological polar surface area (TPSA) is 12.5 Å². The average molecular weight is 706 g/mol. The third-order valence-corrected chi connectivity index (χ3v) is 17.4. The molecule has 2 nitrogen and oxygen atoms in total. The van der Waals surface area contributed by atoms with Gasteiger partial charge in [-0.05, 0) is 138 Å². The first kappa shape index (κ1) is 36.9. The van der Waals surface area contributed by atoms with Crippen molar-refractivity contribution in [3.63, 3.8) is 0 Å². The van der Waals surface area contributed by atoms with E-state index >= 15 is 0 Å². The second-order valence-corrected chi connectivity index (χ2v) is 23.4. The summed E-state index contributed by atoms with van der Waals surface area (Å²) in [6, 6.07) is 27.2.